The Morgan fingerprint density at radius 1 is 1.17 bits per heavy atom. The maximum atomic E-state index is 4.67. The smallest absolute Gasteiger partial charge is 0.0722 e. The van der Waals surface area contributed by atoms with Crippen LogP contribution in [0.5, 0.6) is 0 Å². The van der Waals surface area contributed by atoms with Crippen molar-refractivity contribution in [2.75, 3.05) is 18.4 Å². The summed E-state index contributed by atoms with van der Waals surface area (Å²) in [5.74, 6) is 0. The number of rotatable bonds is 3. The van der Waals surface area contributed by atoms with Gasteiger partial charge in [-0.05, 0) is 6.07 Å². The zero-order valence-electron chi connectivity index (χ0n) is 13.8. The molecular weight excluding hydrogens is 298 g/mol. The quantitative estimate of drug-likeness (QED) is 0.806. The first kappa shape index (κ1) is 14.9. The Balaban J connectivity index is 1.55. The molecule has 122 valence electrons. The molecule has 4 rings (SSSR count). The average molecular weight is 319 g/mol. The summed E-state index contributed by atoms with van der Waals surface area (Å²) in [6.45, 7) is 3.75. The van der Waals surface area contributed by atoms with Crippen LogP contribution in [0.25, 0.3) is 11.3 Å². The Bertz CT molecular complexity index is 825. The lowest BCUT2D eigenvalue weighted by Gasteiger charge is -2.18. The minimum Gasteiger partial charge on any atom is -0.383 e. The van der Waals surface area contributed by atoms with E-state index in [0.717, 1.165) is 37.4 Å². The van der Waals surface area contributed by atoms with E-state index >= 15 is 0 Å². The molecule has 0 fully saturated rings. The van der Waals surface area contributed by atoms with Gasteiger partial charge in [0.1, 0.15) is 0 Å². The van der Waals surface area contributed by atoms with E-state index in [1.807, 2.05) is 42.3 Å². The first-order chi connectivity index (χ1) is 11.8. The summed E-state index contributed by atoms with van der Waals surface area (Å²) < 4.78 is 1.85. The number of nitrogens with one attached hydrogen (secondary N) is 1. The highest BCUT2D eigenvalue weighted by atomic mass is 15.2. The van der Waals surface area contributed by atoms with Gasteiger partial charge in [0.15, 0.2) is 0 Å². The number of fused-ring (bicyclic) bond motifs is 1. The number of aromatic nitrogens is 3. The van der Waals surface area contributed by atoms with Gasteiger partial charge in [0.25, 0.3) is 0 Å². The van der Waals surface area contributed by atoms with Gasteiger partial charge in [0.2, 0.25) is 0 Å². The van der Waals surface area contributed by atoms with Crippen LogP contribution in [0.15, 0.2) is 55.0 Å². The third-order valence-electron chi connectivity index (χ3n) is 4.36. The number of anilines is 1. The number of nitrogens with zero attached hydrogens (tertiary/aromatic N) is 4. The van der Waals surface area contributed by atoms with Crippen LogP contribution < -0.4 is 5.32 Å². The van der Waals surface area contributed by atoms with E-state index in [2.05, 4.69) is 44.7 Å². The molecule has 1 N–H and O–H groups in total. The van der Waals surface area contributed by atoms with Gasteiger partial charge < -0.3 is 5.32 Å². The zero-order valence-corrected chi connectivity index (χ0v) is 13.8. The largest absolute Gasteiger partial charge is 0.383 e. The van der Waals surface area contributed by atoms with E-state index in [-0.39, 0.29) is 0 Å². The van der Waals surface area contributed by atoms with Crippen LogP contribution >= 0.6 is 0 Å². The molecule has 5 nitrogen and oxygen atoms in total. The monoisotopic (exact) mass is 319 g/mol. The fourth-order valence-electron chi connectivity index (χ4n) is 3.16. The predicted octanol–water partition coefficient (Wildman–Crippen LogP) is 2.91. The van der Waals surface area contributed by atoms with Crippen molar-refractivity contribution in [1.29, 1.82) is 0 Å². The number of benzene rings is 1. The van der Waals surface area contributed by atoms with E-state index in [1.54, 1.807) is 0 Å². The minimum absolute atomic E-state index is 0.902. The molecule has 0 saturated heterocycles. The standard InChI is InChI=1S/C19H21N5/c1-23-12-15(10-22-23)13-24-8-7-20-19-9-18(21-11-17(19)14-24)16-5-3-2-4-6-16/h2-6,9-12,20H,7-8,13-14H2,1H3. The molecule has 0 atom stereocenters. The van der Waals surface area contributed by atoms with Crippen molar-refractivity contribution >= 4 is 5.69 Å². The molecule has 0 unspecified atom stereocenters. The summed E-state index contributed by atoms with van der Waals surface area (Å²) in [5, 5.41) is 7.81. The fraction of sp³-hybridized carbons (Fsp3) is 0.263. The molecular formula is C19H21N5. The first-order valence-electron chi connectivity index (χ1n) is 8.26. The van der Waals surface area contributed by atoms with E-state index in [1.165, 1.54) is 16.8 Å². The van der Waals surface area contributed by atoms with Crippen LogP contribution in [-0.4, -0.2) is 32.8 Å². The van der Waals surface area contributed by atoms with Gasteiger partial charge in [-0.3, -0.25) is 14.6 Å². The lowest BCUT2D eigenvalue weighted by atomic mass is 10.1. The summed E-state index contributed by atoms with van der Waals surface area (Å²) in [6, 6.07) is 12.5. The molecule has 2 aromatic heterocycles. The second-order valence-corrected chi connectivity index (χ2v) is 6.25. The second-order valence-electron chi connectivity index (χ2n) is 6.25. The van der Waals surface area contributed by atoms with Crippen LogP contribution in [0.3, 0.4) is 0 Å². The SMILES string of the molecule is Cn1cc(CN2CCNc3cc(-c4ccccc4)ncc3C2)cn1. The highest BCUT2D eigenvalue weighted by Gasteiger charge is 2.16. The number of hydrogen-bond acceptors (Lipinski definition) is 4. The minimum atomic E-state index is 0.902. The lowest BCUT2D eigenvalue weighted by molar-refractivity contribution is 0.271. The molecule has 0 aliphatic carbocycles. The Kier molecular flexibility index (Phi) is 4.01. The van der Waals surface area contributed by atoms with Crippen LogP contribution in [-0.2, 0) is 20.1 Å². The zero-order chi connectivity index (χ0) is 16.4. The van der Waals surface area contributed by atoms with Crippen molar-refractivity contribution in [1.82, 2.24) is 19.7 Å². The highest BCUT2D eigenvalue weighted by molar-refractivity contribution is 5.66. The molecule has 3 aromatic rings. The molecule has 1 aromatic carbocycles. The maximum Gasteiger partial charge on any atom is 0.0722 e. The topological polar surface area (TPSA) is 46.0 Å². The van der Waals surface area contributed by atoms with Crippen LogP contribution in [0.1, 0.15) is 11.1 Å². The number of pyridine rings is 1. The molecule has 24 heavy (non-hydrogen) atoms. The van der Waals surface area contributed by atoms with Crippen molar-refractivity contribution in [3.05, 3.63) is 66.1 Å². The van der Waals surface area contributed by atoms with Crippen molar-refractivity contribution < 1.29 is 0 Å². The van der Waals surface area contributed by atoms with Crippen LogP contribution in [0, 0.1) is 0 Å². The van der Waals surface area contributed by atoms with Gasteiger partial charge >= 0.3 is 0 Å². The third-order valence-corrected chi connectivity index (χ3v) is 4.36. The molecule has 1 aliphatic rings. The molecule has 3 heterocycles. The summed E-state index contributed by atoms with van der Waals surface area (Å²) in [6.07, 6.45) is 6.03. The summed E-state index contributed by atoms with van der Waals surface area (Å²) in [4.78, 5) is 7.10. The van der Waals surface area contributed by atoms with Gasteiger partial charge in [-0.25, -0.2) is 0 Å². The summed E-state index contributed by atoms with van der Waals surface area (Å²) in [5.41, 5.74) is 5.85. The van der Waals surface area contributed by atoms with E-state index < -0.39 is 0 Å². The van der Waals surface area contributed by atoms with Crippen molar-refractivity contribution in [2.24, 2.45) is 7.05 Å². The van der Waals surface area contributed by atoms with Gasteiger partial charge in [-0.15, -0.1) is 0 Å². The third kappa shape index (κ3) is 3.16. The average Bonchev–Trinajstić information content (AvgIpc) is 2.90. The molecule has 1 aliphatic heterocycles. The Morgan fingerprint density at radius 2 is 2.04 bits per heavy atom. The van der Waals surface area contributed by atoms with E-state index in [0.29, 0.717) is 0 Å². The number of aryl methyl sites for hydroxylation is 1. The maximum absolute atomic E-state index is 4.67. The van der Waals surface area contributed by atoms with Gasteiger partial charge in [-0.2, -0.15) is 5.10 Å². The molecule has 5 heteroatoms. The van der Waals surface area contributed by atoms with Gasteiger partial charge in [0.05, 0.1) is 11.9 Å². The van der Waals surface area contributed by atoms with E-state index in [4.69, 9.17) is 0 Å². The number of hydrogen-bond donors (Lipinski definition) is 1. The van der Waals surface area contributed by atoms with Crippen molar-refractivity contribution in [2.45, 2.75) is 13.1 Å². The van der Waals surface area contributed by atoms with Crippen LogP contribution in [0.2, 0.25) is 0 Å². The highest BCUT2D eigenvalue weighted by Crippen LogP contribution is 2.26. The Hall–Kier alpha value is -2.66. The van der Waals surface area contributed by atoms with Gasteiger partial charge in [0, 0.05) is 68.0 Å². The molecule has 0 amide bonds. The molecule has 0 radical (unpaired) electrons. The van der Waals surface area contributed by atoms with Crippen molar-refractivity contribution in [3.63, 3.8) is 0 Å². The lowest BCUT2D eigenvalue weighted by Crippen LogP contribution is -2.25. The normalized spacial score (nSPS) is 14.7. The Labute approximate surface area is 142 Å². The predicted molar refractivity (Wildman–Crippen MR) is 95.5 cm³/mol. The van der Waals surface area contributed by atoms with Crippen molar-refractivity contribution in [3.8, 4) is 11.3 Å². The van der Waals surface area contributed by atoms with Crippen LogP contribution in [0.4, 0.5) is 5.69 Å². The molecule has 0 bridgehead atoms. The Morgan fingerprint density at radius 3 is 2.83 bits per heavy atom. The molecule has 0 saturated carbocycles. The van der Waals surface area contributed by atoms with Gasteiger partial charge in [-0.1, -0.05) is 30.3 Å². The first-order valence-corrected chi connectivity index (χ1v) is 8.26. The second kappa shape index (κ2) is 6.45. The summed E-state index contributed by atoms with van der Waals surface area (Å²) >= 11 is 0. The van der Waals surface area contributed by atoms with E-state index in [9.17, 15) is 0 Å². The summed E-state index contributed by atoms with van der Waals surface area (Å²) in [7, 11) is 1.96. The fourth-order valence-corrected chi connectivity index (χ4v) is 3.16. The molecule has 0 spiro atoms.